The molecule has 1 aliphatic rings. The van der Waals surface area contributed by atoms with E-state index in [0.29, 0.717) is 19.6 Å². The van der Waals surface area contributed by atoms with Gasteiger partial charge in [0, 0.05) is 19.4 Å². The zero-order valence-corrected chi connectivity index (χ0v) is 23.2. The number of carboxylic acids is 1. The highest BCUT2D eigenvalue weighted by Crippen LogP contribution is 2.34. The molecule has 0 heterocycles. The van der Waals surface area contributed by atoms with Crippen molar-refractivity contribution in [3.05, 3.63) is 60.8 Å². The van der Waals surface area contributed by atoms with E-state index < -0.39 is 12.1 Å². The number of halogens is 3. The van der Waals surface area contributed by atoms with E-state index >= 15 is 0 Å². The van der Waals surface area contributed by atoms with Crippen LogP contribution < -0.4 is 4.74 Å². The van der Waals surface area contributed by atoms with Gasteiger partial charge in [-0.05, 0) is 92.0 Å². The molecule has 0 aromatic heterocycles. The van der Waals surface area contributed by atoms with Crippen LogP contribution in [0, 0.1) is 15.4 Å². The predicted molar refractivity (Wildman–Crippen MR) is 146 cm³/mol. The van der Waals surface area contributed by atoms with Gasteiger partial charge in [0.15, 0.2) is 6.10 Å². The van der Waals surface area contributed by atoms with Crippen LogP contribution in [0.25, 0.3) is 0 Å². The van der Waals surface area contributed by atoms with Crippen molar-refractivity contribution in [3.8, 4) is 17.6 Å². The number of carboxylic acid groups (broad SMARTS) is 1. The monoisotopic (exact) mass is 744 g/mol. The molecule has 0 aliphatic heterocycles. The van der Waals surface area contributed by atoms with Gasteiger partial charge in [0.05, 0.1) is 3.57 Å². The molecule has 0 radical (unpaired) electrons. The number of hydrogen-bond donors (Lipinski definition) is 1. The maximum atomic E-state index is 11.3. The van der Waals surface area contributed by atoms with Gasteiger partial charge in [-0.3, -0.25) is 0 Å². The van der Waals surface area contributed by atoms with Gasteiger partial charge in [-0.1, -0.05) is 58.7 Å². The van der Waals surface area contributed by atoms with Crippen LogP contribution in [0.3, 0.4) is 0 Å². The highest BCUT2D eigenvalue weighted by molar-refractivity contribution is 14.1. The van der Waals surface area contributed by atoms with Gasteiger partial charge in [-0.25, -0.2) is 4.79 Å². The van der Waals surface area contributed by atoms with Crippen molar-refractivity contribution >= 4 is 73.7 Å². The van der Waals surface area contributed by atoms with Gasteiger partial charge < -0.3 is 14.6 Å². The van der Waals surface area contributed by atoms with E-state index in [1.807, 2.05) is 31.2 Å². The number of carbonyl (C=O) groups is 1. The number of hydrogen-bond acceptors (Lipinski definition) is 3. The number of alkyl halides is 1. The minimum Gasteiger partial charge on any atom is -0.488 e. The van der Waals surface area contributed by atoms with Crippen molar-refractivity contribution in [2.24, 2.45) is 0 Å². The molecule has 2 rings (SSSR count). The van der Waals surface area contributed by atoms with Crippen molar-refractivity contribution in [2.75, 3.05) is 13.2 Å². The molecule has 1 aromatic rings. The smallest absolute Gasteiger partial charge is 0.333 e. The van der Waals surface area contributed by atoms with Crippen LogP contribution in [0.2, 0.25) is 0 Å². The van der Waals surface area contributed by atoms with Gasteiger partial charge in [0.2, 0.25) is 0 Å². The second-order valence-corrected chi connectivity index (χ2v) is 11.2. The predicted octanol–water partition coefficient (Wildman–Crippen LogP) is 6.10. The molecular formula is C23H23I3O4. The molecule has 0 amide bonds. The Labute approximate surface area is 219 Å². The summed E-state index contributed by atoms with van der Waals surface area (Å²) in [5.74, 6) is 6.41. The highest BCUT2D eigenvalue weighted by Gasteiger charge is 2.23. The van der Waals surface area contributed by atoms with Crippen LogP contribution in [-0.2, 0) is 16.0 Å². The van der Waals surface area contributed by atoms with Crippen LogP contribution in [0.1, 0.15) is 25.8 Å². The first-order valence-electron chi connectivity index (χ1n) is 9.41. The number of ether oxygens (including phenoxy) is 2. The topological polar surface area (TPSA) is 55.8 Å². The maximum Gasteiger partial charge on any atom is 0.333 e. The lowest BCUT2D eigenvalue weighted by molar-refractivity contribution is -0.149. The zero-order chi connectivity index (χ0) is 22.1. The number of benzene rings is 1. The molecule has 30 heavy (non-hydrogen) atoms. The van der Waals surface area contributed by atoms with E-state index in [-0.39, 0.29) is 3.42 Å². The first-order valence-corrected chi connectivity index (χ1v) is 12.6. The first kappa shape index (κ1) is 25.7. The molecule has 160 valence electrons. The second kappa shape index (κ2) is 12.5. The third-order valence-electron chi connectivity index (χ3n) is 4.22. The zero-order valence-electron chi connectivity index (χ0n) is 16.8. The standard InChI is InChI=1S/C23H23I3O4/c1-3-29-21(22(27)28)14-17-6-7-20(19(25)13-17)30-12-9-16(2)8-11-23(26)10-4-5-18(24)15-23/h4-7,9-10,13,21H,3,12,14-15H2,1-2H3,(H,27,28)/t21-,23?/m0/s1. The summed E-state index contributed by atoms with van der Waals surface area (Å²) in [4.78, 5) is 11.3. The van der Waals surface area contributed by atoms with Gasteiger partial charge in [-0.2, -0.15) is 0 Å². The van der Waals surface area contributed by atoms with Crippen molar-refractivity contribution < 1.29 is 19.4 Å². The first-order chi connectivity index (χ1) is 14.2. The normalized spacial score (nSPS) is 19.5. The van der Waals surface area contributed by atoms with Gasteiger partial charge in [-0.15, -0.1) is 0 Å². The minimum atomic E-state index is -0.948. The fraction of sp³-hybridized carbons (Fsp3) is 0.348. The van der Waals surface area contributed by atoms with E-state index in [4.69, 9.17) is 9.47 Å². The molecule has 7 heteroatoms. The molecule has 4 nitrogen and oxygen atoms in total. The van der Waals surface area contributed by atoms with Crippen LogP contribution in [0.5, 0.6) is 5.75 Å². The summed E-state index contributed by atoms with van der Waals surface area (Å²) in [6.45, 7) is 4.57. The average molecular weight is 744 g/mol. The second-order valence-electron chi connectivity index (χ2n) is 6.71. The molecule has 0 saturated carbocycles. The Morgan fingerprint density at radius 3 is 2.80 bits per heavy atom. The lowest BCUT2D eigenvalue weighted by atomic mass is 10.0. The third kappa shape index (κ3) is 8.51. The highest BCUT2D eigenvalue weighted by atomic mass is 127. The summed E-state index contributed by atoms with van der Waals surface area (Å²) in [5.41, 5.74) is 1.87. The van der Waals surface area contributed by atoms with E-state index in [1.54, 1.807) is 6.92 Å². The summed E-state index contributed by atoms with van der Waals surface area (Å²) in [7, 11) is 0. The molecule has 1 aromatic carbocycles. The van der Waals surface area contributed by atoms with Crippen molar-refractivity contribution in [1.29, 1.82) is 0 Å². The van der Waals surface area contributed by atoms with Crippen LogP contribution in [0.15, 0.2) is 51.7 Å². The lowest BCUT2D eigenvalue weighted by Crippen LogP contribution is -2.26. The fourth-order valence-electron chi connectivity index (χ4n) is 2.69. The van der Waals surface area contributed by atoms with Gasteiger partial charge >= 0.3 is 5.97 Å². The molecular weight excluding hydrogens is 721 g/mol. The Bertz CT molecular complexity index is 924. The SMILES string of the molecule is CCO[C@@H](Cc1ccc(OCC=C(C)C#CC2(I)C=CC=C(I)C2)c(I)c1)C(=O)O. The summed E-state index contributed by atoms with van der Waals surface area (Å²) >= 11 is 6.95. The van der Waals surface area contributed by atoms with Crippen LogP contribution in [0.4, 0.5) is 0 Å². The van der Waals surface area contributed by atoms with Gasteiger partial charge in [0.1, 0.15) is 15.8 Å². The average Bonchev–Trinajstić information content (AvgIpc) is 2.67. The largest absolute Gasteiger partial charge is 0.488 e. The molecule has 0 fully saturated rings. The molecule has 0 saturated heterocycles. The third-order valence-corrected chi connectivity index (χ3v) is 6.81. The number of allylic oxidation sites excluding steroid dienone is 5. The van der Waals surface area contributed by atoms with Crippen LogP contribution in [-0.4, -0.2) is 33.8 Å². The maximum absolute atomic E-state index is 11.3. The van der Waals surface area contributed by atoms with Crippen molar-refractivity contribution in [1.82, 2.24) is 0 Å². The van der Waals surface area contributed by atoms with E-state index in [2.05, 4.69) is 97.8 Å². The van der Waals surface area contributed by atoms with E-state index in [9.17, 15) is 9.90 Å². The quantitative estimate of drug-likeness (QED) is 0.199. The molecule has 1 unspecified atom stereocenters. The molecule has 0 spiro atoms. The lowest BCUT2D eigenvalue weighted by Gasteiger charge is -2.19. The van der Waals surface area contributed by atoms with E-state index in [1.165, 1.54) is 3.58 Å². The van der Waals surface area contributed by atoms with Crippen molar-refractivity contribution in [2.45, 2.75) is 36.2 Å². The summed E-state index contributed by atoms with van der Waals surface area (Å²) in [6.07, 6.45) is 8.71. The summed E-state index contributed by atoms with van der Waals surface area (Å²) < 4.78 is 13.2. The Morgan fingerprint density at radius 2 is 2.17 bits per heavy atom. The summed E-state index contributed by atoms with van der Waals surface area (Å²) in [5, 5.41) is 9.24. The fourth-order valence-corrected chi connectivity index (χ4v) is 5.71. The van der Waals surface area contributed by atoms with Gasteiger partial charge in [0.25, 0.3) is 0 Å². The Balaban J connectivity index is 1.95. The Morgan fingerprint density at radius 1 is 1.40 bits per heavy atom. The Kier molecular flexibility index (Phi) is 10.7. The van der Waals surface area contributed by atoms with E-state index in [0.717, 1.165) is 26.9 Å². The molecule has 1 aliphatic carbocycles. The molecule has 2 atom stereocenters. The Hall–Kier alpha value is -0.580. The minimum absolute atomic E-state index is 0.153. The number of aliphatic carboxylic acids is 1. The van der Waals surface area contributed by atoms with Crippen LogP contribution >= 0.6 is 67.8 Å². The molecule has 1 N–H and O–H groups in total. The number of rotatable bonds is 8. The van der Waals surface area contributed by atoms with Crippen molar-refractivity contribution in [3.63, 3.8) is 0 Å². The molecule has 0 bridgehead atoms. The summed E-state index contributed by atoms with van der Waals surface area (Å²) in [6, 6.07) is 5.69.